The number of aromatic nitrogens is 1. The normalized spacial score (nSPS) is 11.6. The Morgan fingerprint density at radius 3 is 2.71 bits per heavy atom. The van der Waals surface area contributed by atoms with Gasteiger partial charge in [0.05, 0.1) is 15.1 Å². The van der Waals surface area contributed by atoms with E-state index in [1.54, 1.807) is 17.0 Å². The number of thiazole rings is 1. The minimum Gasteiger partial charge on any atom is -0.308 e. The van der Waals surface area contributed by atoms with Crippen molar-refractivity contribution in [2.24, 2.45) is 0 Å². The molecule has 0 radical (unpaired) electrons. The molecule has 10 heteroatoms. The second kappa shape index (κ2) is 8.91. The van der Waals surface area contributed by atoms with Crippen LogP contribution in [0.3, 0.4) is 0 Å². The van der Waals surface area contributed by atoms with Crippen molar-refractivity contribution in [2.75, 3.05) is 32.1 Å². The SMILES string of the molecule is CN(C)CCN(C(=O)/C=C/c1ccc([N+](=O)[O-])s1)c1nc2ccc(Br)cc2s1. The third-order valence-corrected chi connectivity index (χ3v) is 6.33. The molecule has 0 aliphatic rings. The van der Waals surface area contributed by atoms with Crippen molar-refractivity contribution in [1.82, 2.24) is 9.88 Å². The highest BCUT2D eigenvalue weighted by Crippen LogP contribution is 2.31. The van der Waals surface area contributed by atoms with E-state index in [1.807, 2.05) is 37.2 Å². The standard InChI is InChI=1S/C18H17BrN4O3S2/c1-21(2)9-10-22(18-20-14-6-3-12(19)11-15(14)28-18)16(24)7-4-13-5-8-17(27-13)23(25)26/h3-8,11H,9-10H2,1-2H3/b7-4+. The third kappa shape index (κ3) is 5.02. The molecule has 0 saturated carbocycles. The highest BCUT2D eigenvalue weighted by molar-refractivity contribution is 9.10. The molecule has 0 atom stereocenters. The predicted octanol–water partition coefficient (Wildman–Crippen LogP) is 4.64. The highest BCUT2D eigenvalue weighted by atomic mass is 79.9. The average Bonchev–Trinajstić information content (AvgIpc) is 3.26. The Bertz CT molecular complexity index is 1040. The summed E-state index contributed by atoms with van der Waals surface area (Å²) in [4.78, 5) is 32.1. The van der Waals surface area contributed by atoms with Gasteiger partial charge in [0.25, 0.3) is 5.91 Å². The number of rotatable bonds is 7. The van der Waals surface area contributed by atoms with Gasteiger partial charge in [0.1, 0.15) is 0 Å². The Labute approximate surface area is 178 Å². The van der Waals surface area contributed by atoms with Crippen LogP contribution in [0, 0.1) is 10.1 Å². The van der Waals surface area contributed by atoms with Gasteiger partial charge in [0.2, 0.25) is 0 Å². The summed E-state index contributed by atoms with van der Waals surface area (Å²) >= 11 is 5.94. The van der Waals surface area contributed by atoms with Gasteiger partial charge >= 0.3 is 5.00 Å². The number of thiophene rings is 1. The van der Waals surface area contributed by atoms with E-state index in [4.69, 9.17) is 0 Å². The van der Waals surface area contributed by atoms with Gasteiger partial charge in [-0.25, -0.2) is 4.98 Å². The molecule has 0 bridgehead atoms. The molecule has 3 rings (SSSR count). The molecular formula is C18H17BrN4O3S2. The second-order valence-electron chi connectivity index (χ2n) is 6.17. The number of likely N-dealkylation sites (N-methyl/N-ethyl adjacent to an activating group) is 1. The van der Waals surface area contributed by atoms with Crippen molar-refractivity contribution in [3.8, 4) is 0 Å². The molecule has 1 aromatic carbocycles. The van der Waals surface area contributed by atoms with E-state index in [0.717, 1.165) is 26.0 Å². The summed E-state index contributed by atoms with van der Waals surface area (Å²) in [5.74, 6) is -0.212. The van der Waals surface area contributed by atoms with Gasteiger partial charge in [0, 0.05) is 34.6 Å². The Balaban J connectivity index is 1.85. The molecule has 28 heavy (non-hydrogen) atoms. The lowest BCUT2D eigenvalue weighted by atomic mass is 10.3. The number of nitrogens with zero attached hydrogens (tertiary/aromatic N) is 4. The summed E-state index contributed by atoms with van der Waals surface area (Å²) < 4.78 is 1.95. The molecule has 146 valence electrons. The van der Waals surface area contributed by atoms with Gasteiger partial charge in [-0.3, -0.25) is 19.8 Å². The van der Waals surface area contributed by atoms with Crippen LogP contribution in [0.1, 0.15) is 4.88 Å². The van der Waals surface area contributed by atoms with Gasteiger partial charge in [-0.1, -0.05) is 38.6 Å². The number of fused-ring (bicyclic) bond motifs is 1. The summed E-state index contributed by atoms with van der Waals surface area (Å²) in [5.41, 5.74) is 0.837. The molecule has 0 spiro atoms. The van der Waals surface area contributed by atoms with Crippen LogP contribution in [-0.4, -0.2) is 47.9 Å². The summed E-state index contributed by atoms with van der Waals surface area (Å²) in [6, 6.07) is 8.87. The number of hydrogen-bond donors (Lipinski definition) is 0. The summed E-state index contributed by atoms with van der Waals surface area (Å²) in [6.07, 6.45) is 3.04. The summed E-state index contributed by atoms with van der Waals surface area (Å²) in [5, 5.41) is 11.5. The fourth-order valence-electron chi connectivity index (χ4n) is 2.38. The largest absolute Gasteiger partial charge is 0.324 e. The lowest BCUT2D eigenvalue weighted by Crippen LogP contribution is -2.35. The minimum atomic E-state index is -0.438. The van der Waals surface area contributed by atoms with Gasteiger partial charge in [0.15, 0.2) is 5.13 Å². The summed E-state index contributed by atoms with van der Waals surface area (Å²) in [6.45, 7) is 1.17. The van der Waals surface area contributed by atoms with E-state index in [2.05, 4.69) is 20.9 Å². The number of halogens is 1. The Kier molecular flexibility index (Phi) is 6.55. The first-order chi connectivity index (χ1) is 13.3. The Hall–Kier alpha value is -2.14. The van der Waals surface area contributed by atoms with Crippen LogP contribution in [0.25, 0.3) is 16.3 Å². The van der Waals surface area contributed by atoms with E-state index in [9.17, 15) is 14.9 Å². The molecule has 0 aliphatic heterocycles. The van der Waals surface area contributed by atoms with Gasteiger partial charge in [-0.15, -0.1) is 0 Å². The predicted molar refractivity (Wildman–Crippen MR) is 118 cm³/mol. The van der Waals surface area contributed by atoms with Crippen molar-refractivity contribution in [2.45, 2.75) is 0 Å². The van der Waals surface area contributed by atoms with Crippen LogP contribution in [-0.2, 0) is 4.79 Å². The average molecular weight is 481 g/mol. The first-order valence-electron chi connectivity index (χ1n) is 8.28. The Morgan fingerprint density at radius 1 is 1.25 bits per heavy atom. The van der Waals surface area contributed by atoms with Crippen molar-refractivity contribution in [1.29, 1.82) is 0 Å². The van der Waals surface area contributed by atoms with Crippen molar-refractivity contribution in [3.05, 3.63) is 55.9 Å². The molecule has 0 unspecified atom stereocenters. The zero-order valence-corrected chi connectivity index (χ0v) is 18.4. The molecular weight excluding hydrogens is 464 g/mol. The molecule has 7 nitrogen and oxygen atoms in total. The number of nitro groups is 1. The quantitative estimate of drug-likeness (QED) is 0.279. The molecule has 1 amide bonds. The molecule has 2 heterocycles. The number of anilines is 1. The molecule has 0 saturated heterocycles. The maximum absolute atomic E-state index is 12.9. The topological polar surface area (TPSA) is 79.6 Å². The van der Waals surface area contributed by atoms with Crippen molar-refractivity contribution >= 4 is 70.9 Å². The molecule has 3 aromatic rings. The maximum atomic E-state index is 12.9. The lowest BCUT2D eigenvalue weighted by molar-refractivity contribution is -0.380. The number of amides is 1. The monoisotopic (exact) mass is 480 g/mol. The number of carbonyl (C=O) groups is 1. The van der Waals surface area contributed by atoms with Gasteiger partial charge in [-0.05, 0) is 44.4 Å². The number of hydrogen-bond acceptors (Lipinski definition) is 7. The maximum Gasteiger partial charge on any atom is 0.324 e. The second-order valence-corrected chi connectivity index (χ2v) is 9.19. The van der Waals surface area contributed by atoms with Crippen LogP contribution >= 0.6 is 38.6 Å². The van der Waals surface area contributed by atoms with Crippen LogP contribution in [0.15, 0.2) is 40.9 Å². The fourth-order valence-corrected chi connectivity index (χ4v) is 4.65. The van der Waals surface area contributed by atoms with Crippen LogP contribution in [0.5, 0.6) is 0 Å². The zero-order chi connectivity index (χ0) is 20.3. The minimum absolute atomic E-state index is 0.0494. The first-order valence-corrected chi connectivity index (χ1v) is 10.7. The molecule has 2 aromatic heterocycles. The first kappa shape index (κ1) is 20.6. The van der Waals surface area contributed by atoms with Crippen molar-refractivity contribution in [3.63, 3.8) is 0 Å². The van der Waals surface area contributed by atoms with Crippen LogP contribution in [0.2, 0.25) is 0 Å². The highest BCUT2D eigenvalue weighted by Gasteiger charge is 2.18. The van der Waals surface area contributed by atoms with Gasteiger partial charge < -0.3 is 4.90 Å². The van der Waals surface area contributed by atoms with E-state index in [0.29, 0.717) is 23.1 Å². The molecule has 0 fully saturated rings. The number of carbonyl (C=O) groups excluding carboxylic acids is 1. The Morgan fingerprint density at radius 2 is 2.04 bits per heavy atom. The smallest absolute Gasteiger partial charge is 0.308 e. The lowest BCUT2D eigenvalue weighted by Gasteiger charge is -2.20. The van der Waals surface area contributed by atoms with Crippen LogP contribution < -0.4 is 4.90 Å². The molecule has 0 N–H and O–H groups in total. The summed E-state index contributed by atoms with van der Waals surface area (Å²) in [7, 11) is 3.89. The fraction of sp³-hybridized carbons (Fsp3) is 0.222. The molecule has 0 aliphatic carbocycles. The van der Waals surface area contributed by atoms with E-state index < -0.39 is 4.92 Å². The zero-order valence-electron chi connectivity index (χ0n) is 15.2. The van der Waals surface area contributed by atoms with Gasteiger partial charge in [-0.2, -0.15) is 0 Å². The number of benzene rings is 1. The van der Waals surface area contributed by atoms with Crippen molar-refractivity contribution < 1.29 is 9.72 Å². The van der Waals surface area contributed by atoms with E-state index >= 15 is 0 Å². The van der Waals surface area contributed by atoms with E-state index in [-0.39, 0.29) is 10.9 Å². The third-order valence-electron chi connectivity index (χ3n) is 3.79. The van der Waals surface area contributed by atoms with E-state index in [1.165, 1.54) is 23.5 Å². The van der Waals surface area contributed by atoms with Crippen LogP contribution in [0.4, 0.5) is 10.1 Å².